The maximum atomic E-state index is 13.1. The fourth-order valence-corrected chi connectivity index (χ4v) is 4.21. The number of fused-ring (bicyclic) bond motifs is 1. The Bertz CT molecular complexity index is 786. The Labute approximate surface area is 148 Å². The third-order valence-electron chi connectivity index (χ3n) is 5.76. The number of carbonyl (C=O) groups is 2. The Kier molecular flexibility index (Phi) is 4.16. The summed E-state index contributed by atoms with van der Waals surface area (Å²) in [6.07, 6.45) is 5.18. The third kappa shape index (κ3) is 2.99. The van der Waals surface area contributed by atoms with Crippen LogP contribution in [0.4, 0.5) is 0 Å². The molecule has 25 heavy (non-hydrogen) atoms. The second kappa shape index (κ2) is 6.47. The highest BCUT2D eigenvalue weighted by atomic mass is 16.5. The number of hydrogen-bond acceptors (Lipinski definition) is 3. The zero-order valence-electron chi connectivity index (χ0n) is 14.2. The Morgan fingerprint density at radius 2 is 1.84 bits per heavy atom. The molecule has 1 fully saturated rings. The van der Waals surface area contributed by atoms with Gasteiger partial charge in [-0.15, -0.1) is 0 Å². The lowest BCUT2D eigenvalue weighted by molar-refractivity contribution is -0.112. The average molecular weight is 334 g/mol. The van der Waals surface area contributed by atoms with E-state index < -0.39 is 0 Å². The first kappa shape index (κ1) is 16.1. The van der Waals surface area contributed by atoms with Crippen LogP contribution >= 0.6 is 0 Å². The molecular weight excluding hydrogens is 312 g/mol. The SMILES string of the molecule is O=CC1CCC2(CC1)Cc1ccc(OCc3ccccc3)cc1C2=O. The first-order valence-electron chi connectivity index (χ1n) is 9.00. The molecule has 0 aliphatic heterocycles. The summed E-state index contributed by atoms with van der Waals surface area (Å²) in [6.45, 7) is 0.500. The van der Waals surface area contributed by atoms with Crippen molar-refractivity contribution in [3.8, 4) is 5.75 Å². The molecule has 3 nitrogen and oxygen atoms in total. The number of aldehydes is 1. The van der Waals surface area contributed by atoms with E-state index in [1.165, 1.54) is 0 Å². The molecule has 2 aliphatic carbocycles. The molecule has 0 unspecified atom stereocenters. The third-order valence-corrected chi connectivity index (χ3v) is 5.76. The van der Waals surface area contributed by atoms with Crippen LogP contribution in [0.25, 0.3) is 0 Å². The van der Waals surface area contributed by atoms with Crippen molar-refractivity contribution < 1.29 is 14.3 Å². The van der Waals surface area contributed by atoms with Crippen LogP contribution in [0.1, 0.15) is 47.2 Å². The minimum absolute atomic E-state index is 0.131. The predicted molar refractivity (Wildman–Crippen MR) is 95.7 cm³/mol. The van der Waals surface area contributed by atoms with E-state index in [-0.39, 0.29) is 17.1 Å². The number of ether oxygens (including phenoxy) is 1. The summed E-state index contributed by atoms with van der Waals surface area (Å²) in [5.74, 6) is 1.12. The summed E-state index contributed by atoms with van der Waals surface area (Å²) in [4.78, 5) is 24.0. The van der Waals surface area contributed by atoms with E-state index in [1.807, 2.05) is 48.5 Å². The summed E-state index contributed by atoms with van der Waals surface area (Å²) in [7, 11) is 0. The van der Waals surface area contributed by atoms with Crippen LogP contribution in [0.2, 0.25) is 0 Å². The van der Waals surface area contributed by atoms with Crippen molar-refractivity contribution >= 4 is 12.1 Å². The van der Waals surface area contributed by atoms with Gasteiger partial charge in [-0.2, -0.15) is 0 Å². The fourth-order valence-electron chi connectivity index (χ4n) is 4.21. The van der Waals surface area contributed by atoms with E-state index in [9.17, 15) is 9.59 Å². The summed E-state index contributed by atoms with van der Waals surface area (Å²) in [6, 6.07) is 15.9. The van der Waals surface area contributed by atoms with Crippen molar-refractivity contribution in [1.29, 1.82) is 0 Å². The van der Waals surface area contributed by atoms with Crippen LogP contribution in [0.3, 0.4) is 0 Å². The number of hydrogen-bond donors (Lipinski definition) is 0. The van der Waals surface area contributed by atoms with Gasteiger partial charge in [-0.25, -0.2) is 0 Å². The summed E-state index contributed by atoms with van der Waals surface area (Å²) < 4.78 is 5.88. The molecule has 0 amide bonds. The molecule has 4 rings (SSSR count). The zero-order chi connectivity index (χ0) is 17.3. The van der Waals surface area contributed by atoms with Crippen molar-refractivity contribution in [1.82, 2.24) is 0 Å². The van der Waals surface area contributed by atoms with Gasteiger partial charge in [0, 0.05) is 16.9 Å². The minimum atomic E-state index is -0.278. The molecule has 0 radical (unpaired) electrons. The van der Waals surface area contributed by atoms with Gasteiger partial charge in [0.25, 0.3) is 0 Å². The second-order valence-electron chi connectivity index (χ2n) is 7.35. The first-order valence-corrected chi connectivity index (χ1v) is 9.00. The lowest BCUT2D eigenvalue weighted by atomic mass is 9.68. The Hall–Kier alpha value is -2.42. The fraction of sp³-hybridized carbons (Fsp3) is 0.364. The number of carbonyl (C=O) groups excluding carboxylic acids is 2. The maximum absolute atomic E-state index is 13.1. The topological polar surface area (TPSA) is 43.4 Å². The molecule has 0 bridgehead atoms. The second-order valence-corrected chi connectivity index (χ2v) is 7.35. The van der Waals surface area contributed by atoms with Crippen LogP contribution in [0.15, 0.2) is 48.5 Å². The molecule has 2 aliphatic rings. The number of Topliss-reactive ketones (excluding diaryl/α,β-unsaturated/α-hetero) is 1. The highest BCUT2D eigenvalue weighted by Crippen LogP contribution is 2.48. The van der Waals surface area contributed by atoms with Crippen molar-refractivity contribution in [2.75, 3.05) is 0 Å². The van der Waals surface area contributed by atoms with E-state index in [1.54, 1.807) is 0 Å². The van der Waals surface area contributed by atoms with Gasteiger partial charge in [-0.05, 0) is 55.4 Å². The standard InChI is InChI=1S/C22H22O3/c23-14-16-8-10-22(11-9-16)13-18-6-7-19(12-20(18)21(22)24)25-15-17-4-2-1-3-5-17/h1-7,12,14,16H,8-11,13,15H2. The lowest BCUT2D eigenvalue weighted by Gasteiger charge is -2.33. The van der Waals surface area contributed by atoms with E-state index in [2.05, 4.69) is 0 Å². The normalized spacial score (nSPS) is 25.0. The van der Waals surface area contributed by atoms with Gasteiger partial charge in [0.15, 0.2) is 5.78 Å². The average Bonchev–Trinajstić information content (AvgIpc) is 2.93. The molecule has 0 saturated heterocycles. The number of rotatable bonds is 4. The Morgan fingerprint density at radius 1 is 1.08 bits per heavy atom. The minimum Gasteiger partial charge on any atom is -0.489 e. The monoisotopic (exact) mass is 334 g/mol. The summed E-state index contributed by atoms with van der Waals surface area (Å²) in [5, 5.41) is 0. The van der Waals surface area contributed by atoms with Gasteiger partial charge < -0.3 is 9.53 Å². The van der Waals surface area contributed by atoms with Gasteiger partial charge in [-0.3, -0.25) is 4.79 Å². The largest absolute Gasteiger partial charge is 0.489 e. The van der Waals surface area contributed by atoms with Crippen LogP contribution < -0.4 is 4.74 Å². The zero-order valence-corrected chi connectivity index (χ0v) is 14.2. The molecule has 0 aromatic heterocycles. The van der Waals surface area contributed by atoms with Crippen LogP contribution in [-0.2, 0) is 17.8 Å². The molecular formula is C22H22O3. The van der Waals surface area contributed by atoms with E-state index in [4.69, 9.17) is 4.74 Å². The molecule has 2 aromatic rings. The van der Waals surface area contributed by atoms with Gasteiger partial charge in [0.2, 0.25) is 0 Å². The maximum Gasteiger partial charge on any atom is 0.169 e. The first-order chi connectivity index (χ1) is 12.2. The van der Waals surface area contributed by atoms with Gasteiger partial charge >= 0.3 is 0 Å². The van der Waals surface area contributed by atoms with E-state index in [0.717, 1.165) is 60.8 Å². The van der Waals surface area contributed by atoms with E-state index >= 15 is 0 Å². The Morgan fingerprint density at radius 3 is 2.56 bits per heavy atom. The molecule has 128 valence electrons. The van der Waals surface area contributed by atoms with Gasteiger partial charge in [0.1, 0.15) is 18.6 Å². The van der Waals surface area contributed by atoms with Gasteiger partial charge in [0.05, 0.1) is 0 Å². The lowest BCUT2D eigenvalue weighted by Crippen LogP contribution is -2.33. The molecule has 1 saturated carbocycles. The van der Waals surface area contributed by atoms with Crippen LogP contribution in [0.5, 0.6) is 5.75 Å². The molecule has 1 spiro atoms. The highest BCUT2D eigenvalue weighted by molar-refractivity contribution is 6.05. The van der Waals surface area contributed by atoms with Crippen molar-refractivity contribution in [2.24, 2.45) is 11.3 Å². The number of benzene rings is 2. The number of ketones is 1. The molecule has 0 atom stereocenters. The Balaban J connectivity index is 1.49. The van der Waals surface area contributed by atoms with Crippen molar-refractivity contribution in [2.45, 2.75) is 38.7 Å². The molecule has 3 heteroatoms. The van der Waals surface area contributed by atoms with Gasteiger partial charge in [-0.1, -0.05) is 36.4 Å². The molecule has 2 aromatic carbocycles. The smallest absolute Gasteiger partial charge is 0.169 e. The van der Waals surface area contributed by atoms with Crippen molar-refractivity contribution in [3.63, 3.8) is 0 Å². The predicted octanol–water partition coefficient (Wildman–Crippen LogP) is 4.38. The highest BCUT2D eigenvalue weighted by Gasteiger charge is 2.47. The molecule has 0 N–H and O–H groups in total. The molecule has 0 heterocycles. The van der Waals surface area contributed by atoms with Crippen LogP contribution in [0, 0.1) is 11.3 Å². The summed E-state index contributed by atoms with van der Waals surface area (Å²) in [5.41, 5.74) is 2.77. The van der Waals surface area contributed by atoms with E-state index in [0.29, 0.717) is 6.61 Å². The van der Waals surface area contributed by atoms with Crippen LogP contribution in [-0.4, -0.2) is 12.1 Å². The summed E-state index contributed by atoms with van der Waals surface area (Å²) >= 11 is 0. The quantitative estimate of drug-likeness (QED) is 0.779. The van der Waals surface area contributed by atoms with Crippen molar-refractivity contribution in [3.05, 3.63) is 65.2 Å².